The molecule has 2 heterocycles. The number of nitrogens with zero attached hydrogens (tertiary/aromatic N) is 1. The molecule has 0 unspecified atom stereocenters. The SMILES string of the molecule is Cc1ccsc1C(=O)CCCCOc1ccc(C2=NCCO2)cc1. The van der Waals surface area contributed by atoms with Gasteiger partial charge >= 0.3 is 0 Å². The van der Waals surface area contributed by atoms with E-state index in [-0.39, 0.29) is 5.78 Å². The number of aryl methyl sites for hydroxylation is 1. The standard InChI is InChI=1S/C19H21NO3S/c1-14-9-13-24-18(14)17(21)4-2-3-11-22-16-7-5-15(6-8-16)19-20-10-12-23-19/h5-9,13H,2-4,10-12H2,1H3. The molecule has 5 heteroatoms. The van der Waals surface area contributed by atoms with Crippen LogP contribution in [0.5, 0.6) is 5.75 Å². The molecule has 1 aliphatic heterocycles. The maximum absolute atomic E-state index is 12.1. The van der Waals surface area contributed by atoms with Crippen LogP contribution in [0.3, 0.4) is 0 Å². The lowest BCUT2D eigenvalue weighted by Crippen LogP contribution is -2.03. The van der Waals surface area contributed by atoms with Gasteiger partial charge in [0, 0.05) is 12.0 Å². The number of benzene rings is 1. The number of Topliss-reactive ketones (excluding diaryl/α,β-unsaturated/α-hetero) is 1. The van der Waals surface area contributed by atoms with Gasteiger partial charge in [0.05, 0.1) is 18.0 Å². The first-order chi connectivity index (χ1) is 11.7. The van der Waals surface area contributed by atoms with Gasteiger partial charge in [0.1, 0.15) is 12.4 Å². The fraction of sp³-hybridized carbons (Fsp3) is 0.368. The van der Waals surface area contributed by atoms with Gasteiger partial charge in [-0.15, -0.1) is 11.3 Å². The molecule has 0 radical (unpaired) electrons. The van der Waals surface area contributed by atoms with Gasteiger partial charge in [-0.2, -0.15) is 0 Å². The summed E-state index contributed by atoms with van der Waals surface area (Å²) in [5, 5.41) is 1.97. The molecule has 0 spiro atoms. The second-order valence-electron chi connectivity index (χ2n) is 5.72. The number of carbonyl (C=O) groups is 1. The summed E-state index contributed by atoms with van der Waals surface area (Å²) in [7, 11) is 0. The van der Waals surface area contributed by atoms with Crippen LogP contribution in [-0.2, 0) is 4.74 Å². The Morgan fingerprint density at radius 1 is 1.25 bits per heavy atom. The molecule has 0 N–H and O–H groups in total. The van der Waals surface area contributed by atoms with Gasteiger partial charge < -0.3 is 9.47 Å². The van der Waals surface area contributed by atoms with E-state index < -0.39 is 0 Å². The minimum atomic E-state index is 0.240. The van der Waals surface area contributed by atoms with Crippen molar-refractivity contribution in [2.24, 2.45) is 4.99 Å². The van der Waals surface area contributed by atoms with Crippen LogP contribution in [0.1, 0.15) is 40.1 Å². The Labute approximate surface area is 146 Å². The minimum absolute atomic E-state index is 0.240. The minimum Gasteiger partial charge on any atom is -0.494 e. The Balaban J connectivity index is 1.37. The number of thiophene rings is 1. The normalized spacial score (nSPS) is 13.5. The molecule has 1 aliphatic rings. The largest absolute Gasteiger partial charge is 0.494 e. The Bertz CT molecular complexity index is 718. The molecule has 3 rings (SSSR count). The van der Waals surface area contributed by atoms with Crippen molar-refractivity contribution in [3.63, 3.8) is 0 Å². The molecule has 24 heavy (non-hydrogen) atoms. The highest BCUT2D eigenvalue weighted by atomic mass is 32.1. The van der Waals surface area contributed by atoms with Crippen molar-refractivity contribution in [1.82, 2.24) is 0 Å². The molecule has 0 saturated carbocycles. The zero-order chi connectivity index (χ0) is 16.8. The average molecular weight is 343 g/mol. The molecule has 0 saturated heterocycles. The van der Waals surface area contributed by atoms with Crippen LogP contribution in [0.4, 0.5) is 0 Å². The Morgan fingerprint density at radius 3 is 2.75 bits per heavy atom. The van der Waals surface area contributed by atoms with E-state index in [4.69, 9.17) is 9.47 Å². The van der Waals surface area contributed by atoms with Crippen molar-refractivity contribution in [3.8, 4) is 5.75 Å². The van der Waals surface area contributed by atoms with Crippen LogP contribution in [0.15, 0.2) is 40.7 Å². The lowest BCUT2D eigenvalue weighted by Gasteiger charge is -2.07. The maximum Gasteiger partial charge on any atom is 0.216 e. The van der Waals surface area contributed by atoms with Gasteiger partial charge in [-0.3, -0.25) is 4.79 Å². The number of aliphatic imine (C=N–C) groups is 1. The van der Waals surface area contributed by atoms with Gasteiger partial charge in [0.15, 0.2) is 5.78 Å². The van der Waals surface area contributed by atoms with Gasteiger partial charge in [-0.25, -0.2) is 4.99 Å². The molecule has 1 aromatic heterocycles. The summed E-state index contributed by atoms with van der Waals surface area (Å²) in [6.07, 6.45) is 2.30. The van der Waals surface area contributed by atoms with E-state index in [0.717, 1.165) is 41.1 Å². The molecule has 126 valence electrons. The van der Waals surface area contributed by atoms with E-state index in [1.165, 1.54) is 11.3 Å². The Morgan fingerprint density at radius 2 is 2.08 bits per heavy atom. The van der Waals surface area contributed by atoms with Crippen molar-refractivity contribution >= 4 is 23.0 Å². The first-order valence-corrected chi connectivity index (χ1v) is 9.10. The lowest BCUT2D eigenvalue weighted by atomic mass is 10.1. The first kappa shape index (κ1) is 16.7. The summed E-state index contributed by atoms with van der Waals surface area (Å²) in [6.45, 7) is 4.00. The molecule has 0 atom stereocenters. The summed E-state index contributed by atoms with van der Waals surface area (Å²) in [5.41, 5.74) is 2.06. The highest BCUT2D eigenvalue weighted by Crippen LogP contribution is 2.19. The van der Waals surface area contributed by atoms with Crippen LogP contribution in [0, 0.1) is 6.92 Å². The van der Waals surface area contributed by atoms with Crippen molar-refractivity contribution in [3.05, 3.63) is 51.7 Å². The van der Waals surface area contributed by atoms with Gasteiger partial charge in [0.25, 0.3) is 0 Å². The van der Waals surface area contributed by atoms with Crippen LogP contribution >= 0.6 is 11.3 Å². The lowest BCUT2D eigenvalue weighted by molar-refractivity contribution is 0.0981. The number of ketones is 1. The average Bonchev–Trinajstić information content (AvgIpc) is 3.26. The summed E-state index contributed by atoms with van der Waals surface area (Å²) in [6, 6.07) is 9.78. The third-order valence-corrected chi connectivity index (χ3v) is 4.93. The third kappa shape index (κ3) is 4.23. The highest BCUT2D eigenvalue weighted by molar-refractivity contribution is 7.12. The zero-order valence-corrected chi connectivity index (χ0v) is 14.6. The third-order valence-electron chi connectivity index (χ3n) is 3.87. The van der Waals surface area contributed by atoms with E-state index in [2.05, 4.69) is 4.99 Å². The van der Waals surface area contributed by atoms with Crippen LogP contribution in [0.2, 0.25) is 0 Å². The quantitative estimate of drug-likeness (QED) is 0.531. The van der Waals surface area contributed by atoms with Gasteiger partial charge in [-0.1, -0.05) is 0 Å². The summed E-state index contributed by atoms with van der Waals surface area (Å²) in [5.74, 6) is 1.78. The van der Waals surface area contributed by atoms with E-state index in [9.17, 15) is 4.79 Å². The van der Waals surface area contributed by atoms with Crippen LogP contribution in [0.25, 0.3) is 0 Å². The molecule has 1 aromatic carbocycles. The monoisotopic (exact) mass is 343 g/mol. The number of ether oxygens (including phenoxy) is 2. The van der Waals surface area contributed by atoms with Crippen molar-refractivity contribution in [2.45, 2.75) is 26.2 Å². The molecular formula is C19H21NO3S. The van der Waals surface area contributed by atoms with E-state index >= 15 is 0 Å². The zero-order valence-electron chi connectivity index (χ0n) is 13.8. The molecule has 0 aliphatic carbocycles. The van der Waals surface area contributed by atoms with Crippen LogP contribution in [-0.4, -0.2) is 31.4 Å². The molecule has 2 aromatic rings. The predicted octanol–water partition coefficient (Wildman–Crippen LogP) is 4.27. The van der Waals surface area contributed by atoms with Crippen molar-refractivity contribution in [1.29, 1.82) is 0 Å². The number of unbranched alkanes of at least 4 members (excludes halogenated alkanes) is 1. The van der Waals surface area contributed by atoms with E-state index in [0.29, 0.717) is 25.5 Å². The fourth-order valence-electron chi connectivity index (χ4n) is 2.55. The van der Waals surface area contributed by atoms with Crippen LogP contribution < -0.4 is 4.74 Å². The molecule has 0 fully saturated rings. The maximum atomic E-state index is 12.1. The summed E-state index contributed by atoms with van der Waals surface area (Å²) >= 11 is 1.53. The number of hydrogen-bond donors (Lipinski definition) is 0. The van der Waals surface area contributed by atoms with Gasteiger partial charge in [0.2, 0.25) is 5.90 Å². The second kappa shape index (κ2) is 8.11. The topological polar surface area (TPSA) is 47.9 Å². The number of carbonyl (C=O) groups excluding carboxylic acids is 1. The van der Waals surface area contributed by atoms with Crippen molar-refractivity contribution < 1.29 is 14.3 Å². The van der Waals surface area contributed by atoms with Gasteiger partial charge in [-0.05, 0) is 61.0 Å². The molecule has 4 nitrogen and oxygen atoms in total. The summed E-state index contributed by atoms with van der Waals surface area (Å²) < 4.78 is 11.2. The summed E-state index contributed by atoms with van der Waals surface area (Å²) in [4.78, 5) is 17.3. The molecular weight excluding hydrogens is 322 g/mol. The van der Waals surface area contributed by atoms with E-state index in [1.807, 2.05) is 42.6 Å². The number of hydrogen-bond acceptors (Lipinski definition) is 5. The Kier molecular flexibility index (Phi) is 5.64. The number of rotatable bonds is 8. The molecule has 0 bridgehead atoms. The fourth-order valence-corrected chi connectivity index (χ4v) is 3.45. The smallest absolute Gasteiger partial charge is 0.216 e. The predicted molar refractivity (Wildman–Crippen MR) is 96.5 cm³/mol. The first-order valence-electron chi connectivity index (χ1n) is 8.22. The van der Waals surface area contributed by atoms with Crippen molar-refractivity contribution in [2.75, 3.05) is 19.8 Å². The second-order valence-corrected chi connectivity index (χ2v) is 6.64. The Hall–Kier alpha value is -2.14. The highest BCUT2D eigenvalue weighted by Gasteiger charge is 2.11. The van der Waals surface area contributed by atoms with E-state index in [1.54, 1.807) is 0 Å². The molecule has 0 amide bonds.